The van der Waals surface area contributed by atoms with Gasteiger partial charge in [0.05, 0.1) is 12.5 Å². The molecule has 2 rings (SSSR count). The largest absolute Gasteiger partial charge is 0.315 e. The molecular formula is C15H19N3O. The average Bonchev–Trinajstić information content (AvgIpc) is 2.44. The molecular weight excluding hydrogens is 238 g/mol. The van der Waals surface area contributed by atoms with Crippen molar-refractivity contribution in [3.05, 3.63) is 29.8 Å². The Labute approximate surface area is 114 Å². The van der Waals surface area contributed by atoms with Gasteiger partial charge in [0.15, 0.2) is 0 Å². The fourth-order valence-electron chi connectivity index (χ4n) is 2.51. The number of fused-ring (bicyclic) bond motifs is 1. The number of anilines is 1. The Hall–Kier alpha value is -1.86. The number of nitrogens with one attached hydrogen (secondary N) is 1. The van der Waals surface area contributed by atoms with E-state index in [1.807, 2.05) is 25.2 Å². The van der Waals surface area contributed by atoms with Gasteiger partial charge in [-0.2, -0.15) is 5.26 Å². The first kappa shape index (κ1) is 13.6. The van der Waals surface area contributed by atoms with E-state index in [9.17, 15) is 4.79 Å². The van der Waals surface area contributed by atoms with Crippen LogP contribution in [0.3, 0.4) is 0 Å². The number of nitriles is 1. The van der Waals surface area contributed by atoms with Crippen LogP contribution in [0.2, 0.25) is 0 Å². The minimum atomic E-state index is 0.0122. The first-order valence-corrected chi connectivity index (χ1v) is 6.65. The summed E-state index contributed by atoms with van der Waals surface area (Å²) in [5.74, 6) is 0.114. The van der Waals surface area contributed by atoms with Crippen LogP contribution in [0, 0.1) is 11.3 Å². The predicted octanol–water partition coefficient (Wildman–Crippen LogP) is 2.38. The summed E-state index contributed by atoms with van der Waals surface area (Å²) in [5.41, 5.74) is 2.10. The Morgan fingerprint density at radius 2 is 2.26 bits per heavy atom. The summed E-state index contributed by atoms with van der Waals surface area (Å²) in [4.78, 5) is 13.7. The molecule has 0 fully saturated rings. The van der Waals surface area contributed by atoms with E-state index in [-0.39, 0.29) is 18.0 Å². The third-order valence-electron chi connectivity index (χ3n) is 3.69. The standard InChI is InChI=1S/C15H19N3O/c1-3-11(8-9-16)17-13-10-15(19)18(2)14-7-5-4-6-12(13)14/h4-7,11,13,17H,3,8,10H2,1-2H3. The minimum absolute atomic E-state index is 0.0122. The number of nitrogens with zero attached hydrogens (tertiary/aromatic N) is 2. The van der Waals surface area contributed by atoms with E-state index < -0.39 is 0 Å². The van der Waals surface area contributed by atoms with Gasteiger partial charge < -0.3 is 10.2 Å². The van der Waals surface area contributed by atoms with Crippen LogP contribution in [0.5, 0.6) is 0 Å². The summed E-state index contributed by atoms with van der Waals surface area (Å²) in [7, 11) is 1.81. The molecule has 0 spiro atoms. The lowest BCUT2D eigenvalue weighted by Gasteiger charge is -2.33. The number of hydrogen-bond donors (Lipinski definition) is 1. The number of para-hydroxylation sites is 1. The van der Waals surface area contributed by atoms with Gasteiger partial charge in [-0.3, -0.25) is 4.79 Å². The molecule has 0 aromatic heterocycles. The second-order valence-corrected chi connectivity index (χ2v) is 4.90. The number of carbonyl (C=O) groups is 1. The molecule has 4 heteroatoms. The Morgan fingerprint density at radius 3 is 2.95 bits per heavy atom. The molecule has 1 aliphatic heterocycles. The second-order valence-electron chi connectivity index (χ2n) is 4.90. The molecule has 100 valence electrons. The van der Waals surface area contributed by atoms with E-state index in [1.165, 1.54) is 0 Å². The van der Waals surface area contributed by atoms with Crippen LogP contribution in [0.15, 0.2) is 24.3 Å². The molecule has 1 aromatic rings. The summed E-state index contributed by atoms with van der Waals surface area (Å²) in [5, 5.41) is 12.3. The molecule has 1 heterocycles. The van der Waals surface area contributed by atoms with E-state index in [1.54, 1.807) is 4.90 Å². The highest BCUT2D eigenvalue weighted by molar-refractivity contribution is 5.96. The maximum Gasteiger partial charge on any atom is 0.228 e. The van der Waals surface area contributed by atoms with E-state index in [0.29, 0.717) is 12.8 Å². The molecule has 1 amide bonds. The molecule has 2 atom stereocenters. The Bertz CT molecular complexity index is 506. The van der Waals surface area contributed by atoms with Gasteiger partial charge in [0, 0.05) is 31.2 Å². The lowest BCUT2D eigenvalue weighted by atomic mass is 9.95. The third kappa shape index (κ3) is 2.77. The lowest BCUT2D eigenvalue weighted by Crippen LogP contribution is -2.41. The Kier molecular flexibility index (Phi) is 4.18. The summed E-state index contributed by atoms with van der Waals surface area (Å²) < 4.78 is 0. The first-order valence-electron chi connectivity index (χ1n) is 6.65. The van der Waals surface area contributed by atoms with Crippen LogP contribution in [-0.2, 0) is 4.79 Å². The molecule has 0 radical (unpaired) electrons. The highest BCUT2D eigenvalue weighted by atomic mass is 16.2. The number of hydrogen-bond acceptors (Lipinski definition) is 3. The van der Waals surface area contributed by atoms with Gasteiger partial charge in [-0.15, -0.1) is 0 Å². The smallest absolute Gasteiger partial charge is 0.228 e. The van der Waals surface area contributed by atoms with Crippen LogP contribution in [0.1, 0.15) is 37.8 Å². The van der Waals surface area contributed by atoms with Crippen molar-refractivity contribution in [1.29, 1.82) is 5.26 Å². The van der Waals surface area contributed by atoms with Crippen molar-refractivity contribution in [3.8, 4) is 6.07 Å². The maximum absolute atomic E-state index is 12.0. The van der Waals surface area contributed by atoms with Gasteiger partial charge in [-0.05, 0) is 18.1 Å². The van der Waals surface area contributed by atoms with Crippen LogP contribution < -0.4 is 10.2 Å². The molecule has 1 N–H and O–H groups in total. The lowest BCUT2D eigenvalue weighted by molar-refractivity contribution is -0.119. The van der Waals surface area contributed by atoms with Gasteiger partial charge in [-0.1, -0.05) is 25.1 Å². The van der Waals surface area contributed by atoms with Gasteiger partial charge in [-0.25, -0.2) is 0 Å². The third-order valence-corrected chi connectivity index (χ3v) is 3.69. The molecule has 2 unspecified atom stereocenters. The van der Waals surface area contributed by atoms with Crippen molar-refractivity contribution in [3.63, 3.8) is 0 Å². The van der Waals surface area contributed by atoms with Gasteiger partial charge >= 0.3 is 0 Å². The van der Waals surface area contributed by atoms with Crippen molar-refractivity contribution in [2.45, 2.75) is 38.3 Å². The quantitative estimate of drug-likeness (QED) is 0.901. The zero-order chi connectivity index (χ0) is 13.8. The topological polar surface area (TPSA) is 56.1 Å². The first-order chi connectivity index (χ1) is 9.17. The summed E-state index contributed by atoms with van der Waals surface area (Å²) in [6, 6.07) is 10.3. The summed E-state index contributed by atoms with van der Waals surface area (Å²) in [6.45, 7) is 2.05. The fourth-order valence-corrected chi connectivity index (χ4v) is 2.51. The number of benzene rings is 1. The van der Waals surface area contributed by atoms with E-state index in [2.05, 4.69) is 24.4 Å². The van der Waals surface area contributed by atoms with Crippen molar-refractivity contribution in [2.75, 3.05) is 11.9 Å². The molecule has 0 bridgehead atoms. The highest BCUT2D eigenvalue weighted by Gasteiger charge is 2.29. The minimum Gasteiger partial charge on any atom is -0.315 e. The van der Waals surface area contributed by atoms with Crippen LogP contribution in [0.4, 0.5) is 5.69 Å². The normalized spacial score (nSPS) is 19.7. The zero-order valence-electron chi connectivity index (χ0n) is 11.4. The van der Waals surface area contributed by atoms with Gasteiger partial charge in [0.25, 0.3) is 0 Å². The molecule has 1 aromatic carbocycles. The van der Waals surface area contributed by atoms with E-state index in [0.717, 1.165) is 17.7 Å². The SMILES string of the molecule is CCC(CC#N)NC1CC(=O)N(C)c2ccccc21. The molecule has 0 saturated carbocycles. The van der Waals surface area contributed by atoms with Crippen LogP contribution in [-0.4, -0.2) is 19.0 Å². The van der Waals surface area contributed by atoms with Gasteiger partial charge in [0.1, 0.15) is 0 Å². The summed E-state index contributed by atoms with van der Waals surface area (Å²) >= 11 is 0. The number of amides is 1. The highest BCUT2D eigenvalue weighted by Crippen LogP contribution is 2.33. The molecule has 1 aliphatic rings. The van der Waals surface area contributed by atoms with Crippen molar-refractivity contribution >= 4 is 11.6 Å². The van der Waals surface area contributed by atoms with E-state index in [4.69, 9.17) is 5.26 Å². The molecule has 4 nitrogen and oxygen atoms in total. The van der Waals surface area contributed by atoms with Crippen molar-refractivity contribution in [1.82, 2.24) is 5.32 Å². The monoisotopic (exact) mass is 257 g/mol. The van der Waals surface area contributed by atoms with Crippen LogP contribution >= 0.6 is 0 Å². The maximum atomic E-state index is 12.0. The van der Waals surface area contributed by atoms with Crippen LogP contribution in [0.25, 0.3) is 0 Å². The second kappa shape index (κ2) is 5.85. The number of rotatable bonds is 4. The predicted molar refractivity (Wildman–Crippen MR) is 74.7 cm³/mol. The zero-order valence-corrected chi connectivity index (χ0v) is 11.4. The van der Waals surface area contributed by atoms with Crippen molar-refractivity contribution in [2.24, 2.45) is 0 Å². The fraction of sp³-hybridized carbons (Fsp3) is 0.467. The Balaban J connectivity index is 2.25. The molecule has 0 aliphatic carbocycles. The molecule has 19 heavy (non-hydrogen) atoms. The van der Waals surface area contributed by atoms with E-state index >= 15 is 0 Å². The van der Waals surface area contributed by atoms with Gasteiger partial charge in [0.2, 0.25) is 5.91 Å². The Morgan fingerprint density at radius 1 is 1.53 bits per heavy atom. The summed E-state index contributed by atoms with van der Waals surface area (Å²) in [6.07, 6.45) is 1.81. The molecule has 0 saturated heterocycles. The number of carbonyl (C=O) groups excluding carboxylic acids is 1. The average molecular weight is 257 g/mol. The van der Waals surface area contributed by atoms with Crippen molar-refractivity contribution < 1.29 is 4.79 Å².